The van der Waals surface area contributed by atoms with Crippen LogP contribution in [0.3, 0.4) is 0 Å². The fourth-order valence-corrected chi connectivity index (χ4v) is 11.9. The zero-order chi connectivity index (χ0) is 69.7. The first-order valence-corrected chi connectivity index (χ1v) is 35.7. The summed E-state index contributed by atoms with van der Waals surface area (Å²) in [6, 6.07) is 48.6. The van der Waals surface area contributed by atoms with Crippen LogP contribution in [0.1, 0.15) is 116 Å². The second-order valence-corrected chi connectivity index (χ2v) is 26.8. The molecule has 0 aliphatic carbocycles. The van der Waals surface area contributed by atoms with Gasteiger partial charge in [-0.2, -0.15) is 0 Å². The number of aromatic amines is 1. The summed E-state index contributed by atoms with van der Waals surface area (Å²) >= 11 is 11.8. The molecule has 0 radical (unpaired) electrons. The summed E-state index contributed by atoms with van der Waals surface area (Å²) in [7, 11) is 4.76. The van der Waals surface area contributed by atoms with Crippen LogP contribution in [-0.4, -0.2) is 100 Å². The molecule has 7 heterocycles. The van der Waals surface area contributed by atoms with Crippen molar-refractivity contribution >= 4 is 95.1 Å². The number of hydrogen-bond acceptors (Lipinski definition) is 12. The van der Waals surface area contributed by atoms with E-state index in [2.05, 4.69) is 75.4 Å². The number of nitrogens with zero attached hydrogens (tertiary/aromatic N) is 5. The van der Waals surface area contributed by atoms with Crippen LogP contribution >= 0.6 is 70.4 Å². The van der Waals surface area contributed by atoms with Crippen molar-refractivity contribution in [2.24, 2.45) is 21.1 Å². The Morgan fingerprint density at radius 1 is 0.521 bits per heavy atom. The third-order valence-corrected chi connectivity index (χ3v) is 18.6. The van der Waals surface area contributed by atoms with Crippen molar-refractivity contribution in [3.05, 3.63) is 260 Å². The third kappa shape index (κ3) is 22.1. The van der Waals surface area contributed by atoms with Gasteiger partial charge in [0.05, 0.1) is 23.3 Å². The molecule has 3 aliphatic rings. The largest absolute Gasteiger partial charge is 1.00 e. The number of nitrogens with one attached hydrogen (secondary N) is 1. The predicted octanol–water partition coefficient (Wildman–Crippen LogP) is 10.8. The summed E-state index contributed by atoms with van der Waals surface area (Å²) in [5.74, 6) is 0. The summed E-state index contributed by atoms with van der Waals surface area (Å²) in [5, 5.41) is 18.8. The van der Waals surface area contributed by atoms with E-state index in [9.17, 15) is 39.0 Å². The zero-order valence-electron chi connectivity index (χ0n) is 57.3. The maximum atomic E-state index is 13.2. The number of aliphatic hydroxyl groups is 2. The molecule has 0 bridgehead atoms. The number of amides is 2. The number of halogens is 4. The van der Waals surface area contributed by atoms with Gasteiger partial charge in [0.25, 0.3) is 0 Å². The van der Waals surface area contributed by atoms with Crippen molar-refractivity contribution in [3.8, 4) is 11.1 Å². The number of aliphatic hydroxyl groups excluding tert-OH is 2. The van der Waals surface area contributed by atoms with Gasteiger partial charge >= 0.3 is 48.9 Å². The number of rotatable bonds is 14. The monoisotopic (exact) mass is 1620 g/mol. The average Bonchev–Trinajstić information content (AvgIpc) is 1.71. The summed E-state index contributed by atoms with van der Waals surface area (Å²) in [4.78, 5) is 77.7. The number of carbonyl (C=O) groups excluding carboxylic acids is 2. The Morgan fingerprint density at radius 2 is 0.896 bits per heavy atom. The molecule has 18 nitrogen and oxygen atoms in total. The molecule has 508 valence electrons. The molecule has 0 saturated carbocycles. The van der Waals surface area contributed by atoms with Crippen molar-refractivity contribution in [1.82, 2.24) is 28.5 Å². The van der Waals surface area contributed by atoms with Crippen LogP contribution in [-0.2, 0) is 51.1 Å². The number of aryl methyl sites for hydroxylation is 3. The molecule has 3 saturated heterocycles. The molecule has 4 aromatic heterocycles. The molecule has 0 spiro atoms. The maximum absolute atomic E-state index is 13.2. The third-order valence-electron chi connectivity index (χ3n) is 17.2. The van der Waals surface area contributed by atoms with Gasteiger partial charge in [0, 0.05) is 123 Å². The zero-order valence-corrected chi connectivity index (χ0v) is 65.3. The van der Waals surface area contributed by atoms with Gasteiger partial charge in [-0.3, -0.25) is 19.2 Å². The van der Waals surface area contributed by atoms with E-state index < -0.39 is 18.3 Å². The fourth-order valence-electron chi connectivity index (χ4n) is 10.8. The fraction of sp³-hybridized carbons (Fsp3) is 0.361. The van der Waals surface area contributed by atoms with E-state index in [1.165, 1.54) is 27.3 Å². The standard InChI is InChI=1S/C27H36BNO5.C27H30N2O4.2C6H6BrNO.C5H4BrNO.CH3I.Na.H/c1-20(21-12-14-23(15-13-21)28-33-25(2,3)26(4,5)34-28)29-18-17-27(16-9-19-30,32-24(29)31)22-10-7-6-8-11-22;1-20(21-9-11-22(12-10-21)23-13-14-25(31)28(2)19-23)29-17-16-27(15-6-18-30,33-26(29)32)24-7-4-3-5-8-24;2*1-8-4-5(7)2-3-6(8)9;6-4-1-2-5(8)7-3-4;1-2;;/h6-8,10-15,20,30H,9,16-19H2,1-5H3;3-5,7-14,19-20,30H,6,15-18H2,1-2H3;2*2-4H,1H3;1-3H,(H,7,8);1H3;;/q;;;;;;+1;-1/t2*20-,27+;;;;;;/m00....../s1. The van der Waals surface area contributed by atoms with E-state index in [0.29, 0.717) is 51.6 Å². The number of aromatic nitrogens is 4. The molecule has 4 aromatic carbocycles. The number of alkyl halides is 1. The van der Waals surface area contributed by atoms with Crippen LogP contribution in [0.4, 0.5) is 9.59 Å². The van der Waals surface area contributed by atoms with Gasteiger partial charge in [0.2, 0.25) is 22.2 Å². The smallest absolute Gasteiger partial charge is 1.00 e. The number of H-pyrrole nitrogens is 1. The second-order valence-electron chi connectivity index (χ2n) is 24.1. The Labute approximate surface area is 625 Å². The first-order valence-electron chi connectivity index (χ1n) is 31.1. The van der Waals surface area contributed by atoms with E-state index in [4.69, 9.17) is 18.8 Å². The van der Waals surface area contributed by atoms with Crippen LogP contribution in [0.2, 0.25) is 0 Å². The van der Waals surface area contributed by atoms with E-state index >= 15 is 0 Å². The van der Waals surface area contributed by atoms with Gasteiger partial charge in [-0.05, 0) is 183 Å². The Balaban J connectivity index is 0.000000291. The van der Waals surface area contributed by atoms with Crippen LogP contribution in [0.15, 0.2) is 215 Å². The number of ether oxygens (including phenoxy) is 2. The molecule has 4 atom stereocenters. The molecule has 3 aliphatic heterocycles. The Hall–Kier alpha value is -5.71. The van der Waals surface area contributed by atoms with Crippen molar-refractivity contribution in [2.45, 2.75) is 115 Å². The van der Waals surface area contributed by atoms with E-state index in [-0.39, 0.29) is 102 Å². The van der Waals surface area contributed by atoms with Crippen molar-refractivity contribution in [1.29, 1.82) is 0 Å². The van der Waals surface area contributed by atoms with E-state index in [1.54, 1.807) is 78.4 Å². The number of cyclic esters (lactones) is 2. The Bertz CT molecular complexity index is 3930. The van der Waals surface area contributed by atoms with Gasteiger partial charge < -0.3 is 58.9 Å². The number of hydrogen-bond donors (Lipinski definition) is 3. The molecule has 3 N–H and O–H groups in total. The van der Waals surface area contributed by atoms with Crippen molar-refractivity contribution in [3.63, 3.8) is 0 Å². The van der Waals surface area contributed by atoms with Gasteiger partial charge in [-0.25, -0.2) is 9.59 Å². The quantitative estimate of drug-likeness (QED) is 0.0526. The summed E-state index contributed by atoms with van der Waals surface area (Å²) in [6.07, 6.45) is 9.91. The Morgan fingerprint density at radius 3 is 1.24 bits per heavy atom. The SMILES string of the molecule is CI.C[C@@H](c1ccc(-c2ccc(=O)n(C)c2)cc1)N1CC[C@](CCCO)(c2ccccc2)OC1=O.C[C@@H](c1ccc(B2OC(C)(C)C(C)(C)O2)cc1)N1CC[C@](CCCO)(c2ccccc2)OC1=O.Cn1cc(Br)ccc1=O.Cn1cc(Br)ccc1=O.O=c1ccc(Br)c[nH]1.[H-].[Na+]. The minimum Gasteiger partial charge on any atom is -1.00 e. The Kier molecular flexibility index (Phi) is 32.1. The molecular formula is C72H86BBr3IN6NaO12. The molecule has 0 unspecified atom stereocenters. The van der Waals surface area contributed by atoms with Crippen LogP contribution in [0, 0.1) is 0 Å². The van der Waals surface area contributed by atoms with E-state index in [0.717, 1.165) is 52.3 Å². The molecule has 2 amide bonds. The normalized spacial score (nSPS) is 18.0. The van der Waals surface area contributed by atoms with Gasteiger partial charge in [0.15, 0.2) is 0 Å². The van der Waals surface area contributed by atoms with E-state index in [1.807, 2.05) is 168 Å². The number of carbonyl (C=O) groups is 2. The van der Waals surface area contributed by atoms with Gasteiger partial charge in [-0.15, -0.1) is 0 Å². The second kappa shape index (κ2) is 38.0. The molecule has 3 fully saturated rings. The van der Waals surface area contributed by atoms with Crippen molar-refractivity contribution < 1.29 is 69.6 Å². The molecule has 11 rings (SSSR count). The minimum absolute atomic E-state index is 0. The first-order chi connectivity index (χ1) is 45.2. The summed E-state index contributed by atoms with van der Waals surface area (Å²) in [5.41, 5.74) is 4.66. The number of benzene rings is 4. The number of pyridine rings is 4. The molecule has 8 aromatic rings. The van der Waals surface area contributed by atoms with Gasteiger partial charge in [0.1, 0.15) is 11.2 Å². The molecule has 24 heteroatoms. The van der Waals surface area contributed by atoms with Crippen LogP contribution < -0.4 is 57.3 Å². The topological polar surface area (TPSA) is 217 Å². The minimum atomic E-state index is -0.704. The van der Waals surface area contributed by atoms with Crippen molar-refractivity contribution in [2.75, 3.05) is 31.2 Å². The summed E-state index contributed by atoms with van der Waals surface area (Å²) < 4.78 is 31.8. The van der Waals surface area contributed by atoms with Crippen LogP contribution in [0.25, 0.3) is 11.1 Å². The first kappa shape index (κ1) is 81.0. The van der Waals surface area contributed by atoms with Crippen LogP contribution in [0.5, 0.6) is 0 Å². The average molecular weight is 1630 g/mol. The van der Waals surface area contributed by atoms with Gasteiger partial charge in [-0.1, -0.05) is 132 Å². The molecular weight excluding hydrogens is 1540 g/mol. The maximum Gasteiger partial charge on any atom is 1.00 e. The molecule has 96 heavy (non-hydrogen) atoms. The summed E-state index contributed by atoms with van der Waals surface area (Å²) in [6.45, 7) is 13.5. The predicted molar refractivity (Wildman–Crippen MR) is 395 cm³/mol.